The van der Waals surface area contributed by atoms with Gasteiger partial charge in [0.2, 0.25) is 0 Å². The van der Waals surface area contributed by atoms with Gasteiger partial charge in [-0.05, 0) is 20.8 Å². The summed E-state index contributed by atoms with van der Waals surface area (Å²) in [5, 5.41) is 15.4. The normalized spacial score (nSPS) is 29.9. The minimum absolute atomic E-state index is 0.0965. The molecule has 2 rings (SSSR count). The number of carbonyl (C=O) groups is 1. The fourth-order valence-corrected chi connectivity index (χ4v) is 2.58. The summed E-state index contributed by atoms with van der Waals surface area (Å²) in [6.45, 7) is 6.77. The number of nitrogens with one attached hydrogen (secondary N) is 2. The van der Waals surface area contributed by atoms with Crippen LogP contribution in [-0.2, 0) is 19.0 Å². The van der Waals surface area contributed by atoms with Crippen molar-refractivity contribution in [2.24, 2.45) is 0 Å². The monoisotopic (exact) mass is 333 g/mol. The molecule has 0 aliphatic carbocycles. The summed E-state index contributed by atoms with van der Waals surface area (Å²) in [7, 11) is 0. The molecular formula is C13H23N3O7. The Morgan fingerprint density at radius 3 is 2.61 bits per heavy atom. The molecule has 0 saturated carbocycles. The molecule has 4 atom stereocenters. The van der Waals surface area contributed by atoms with Crippen LogP contribution in [0.2, 0.25) is 0 Å². The molecule has 10 heteroatoms. The Morgan fingerprint density at radius 2 is 1.96 bits per heavy atom. The number of hydrogen-bond acceptors (Lipinski definition) is 8. The van der Waals surface area contributed by atoms with Gasteiger partial charge in [-0.3, -0.25) is 0 Å². The second kappa shape index (κ2) is 7.28. The quantitative estimate of drug-likeness (QED) is 0.391. The third-order valence-electron chi connectivity index (χ3n) is 3.43. The van der Waals surface area contributed by atoms with Crippen LogP contribution < -0.4 is 10.6 Å². The molecule has 0 unspecified atom stereocenters. The van der Waals surface area contributed by atoms with Gasteiger partial charge >= 0.3 is 6.09 Å². The number of nitrogens with zero attached hydrogens (tertiary/aromatic N) is 1. The molecule has 2 heterocycles. The van der Waals surface area contributed by atoms with Gasteiger partial charge in [-0.1, -0.05) is 0 Å². The Kier molecular flexibility index (Phi) is 5.60. The predicted octanol–water partition coefficient (Wildman–Crippen LogP) is -0.156. The molecule has 0 aromatic heterocycles. The molecule has 2 saturated heterocycles. The van der Waals surface area contributed by atoms with Crippen molar-refractivity contribution in [1.29, 1.82) is 0 Å². The first-order valence-electron chi connectivity index (χ1n) is 7.51. The number of alkyl carbamates (subject to hydrolysis) is 1. The van der Waals surface area contributed by atoms with Gasteiger partial charge in [-0.15, -0.1) is 10.1 Å². The van der Waals surface area contributed by atoms with Crippen LogP contribution in [0.3, 0.4) is 0 Å². The summed E-state index contributed by atoms with van der Waals surface area (Å²) in [4.78, 5) is 26.4. The molecule has 132 valence electrons. The number of ether oxygens (including phenoxy) is 3. The summed E-state index contributed by atoms with van der Waals surface area (Å²) in [5.41, 5.74) is -0.534. The van der Waals surface area contributed by atoms with Gasteiger partial charge in [0.1, 0.15) is 17.8 Å². The second-order valence-electron chi connectivity index (χ2n) is 6.45. The highest BCUT2D eigenvalue weighted by Crippen LogP contribution is 2.28. The van der Waals surface area contributed by atoms with E-state index in [0.29, 0.717) is 19.7 Å². The summed E-state index contributed by atoms with van der Waals surface area (Å²) in [5.74, 6) is 0. The van der Waals surface area contributed by atoms with Crippen LogP contribution >= 0.6 is 0 Å². The zero-order valence-corrected chi connectivity index (χ0v) is 13.4. The Balaban J connectivity index is 1.66. The van der Waals surface area contributed by atoms with Gasteiger partial charge in [-0.2, -0.15) is 0 Å². The van der Waals surface area contributed by atoms with Crippen LogP contribution in [-0.4, -0.2) is 67.4 Å². The lowest BCUT2D eigenvalue weighted by Crippen LogP contribution is -2.45. The molecule has 10 nitrogen and oxygen atoms in total. The van der Waals surface area contributed by atoms with E-state index in [1.54, 1.807) is 20.8 Å². The van der Waals surface area contributed by atoms with E-state index in [4.69, 9.17) is 14.2 Å². The van der Waals surface area contributed by atoms with E-state index in [1.165, 1.54) is 0 Å². The third kappa shape index (κ3) is 5.19. The van der Waals surface area contributed by atoms with Gasteiger partial charge < -0.3 is 29.7 Å². The Hall–Kier alpha value is -1.65. The molecule has 0 spiro atoms. The topological polar surface area (TPSA) is 121 Å². The standard InChI is InChI=1S/C13H23N3O7/c1-13(2,3)22-12(17)15-5-4-14-8-6-20-11-9(23-16(18)19)7-21-10(8)11/h8-11,14H,4-7H2,1-3H3,(H,15,17)/t8-,9+,10+,11+/m0/s1. The average Bonchev–Trinajstić information content (AvgIpc) is 2.96. The number of hydrogen-bond donors (Lipinski definition) is 2. The molecule has 0 radical (unpaired) electrons. The minimum atomic E-state index is -0.828. The van der Waals surface area contributed by atoms with Crippen molar-refractivity contribution >= 4 is 6.09 Å². The lowest BCUT2D eigenvalue weighted by atomic mass is 10.1. The third-order valence-corrected chi connectivity index (χ3v) is 3.43. The van der Waals surface area contributed by atoms with Crippen LogP contribution in [0.15, 0.2) is 0 Å². The second-order valence-corrected chi connectivity index (χ2v) is 6.45. The summed E-state index contributed by atoms with van der Waals surface area (Å²) in [6, 6.07) is -0.0965. The van der Waals surface area contributed by atoms with E-state index < -0.39 is 29.0 Å². The molecule has 0 bridgehead atoms. The maximum Gasteiger partial charge on any atom is 0.407 e. The highest BCUT2D eigenvalue weighted by Gasteiger charge is 2.49. The van der Waals surface area contributed by atoms with E-state index in [-0.39, 0.29) is 18.8 Å². The lowest BCUT2D eigenvalue weighted by Gasteiger charge is -2.20. The summed E-state index contributed by atoms with van der Waals surface area (Å²) >= 11 is 0. The van der Waals surface area contributed by atoms with Crippen molar-refractivity contribution in [3.8, 4) is 0 Å². The first-order chi connectivity index (χ1) is 10.8. The van der Waals surface area contributed by atoms with Crippen molar-refractivity contribution in [3.05, 3.63) is 10.1 Å². The smallest absolute Gasteiger partial charge is 0.407 e. The zero-order valence-electron chi connectivity index (χ0n) is 13.4. The average molecular weight is 333 g/mol. The minimum Gasteiger partial charge on any atom is -0.444 e. The van der Waals surface area contributed by atoms with Gasteiger partial charge in [0, 0.05) is 13.1 Å². The van der Waals surface area contributed by atoms with Gasteiger partial charge in [-0.25, -0.2) is 4.79 Å². The van der Waals surface area contributed by atoms with Crippen LogP contribution in [0.1, 0.15) is 20.8 Å². The fraction of sp³-hybridized carbons (Fsp3) is 0.923. The largest absolute Gasteiger partial charge is 0.444 e. The van der Waals surface area contributed by atoms with Crippen LogP contribution in [0.25, 0.3) is 0 Å². The molecule has 23 heavy (non-hydrogen) atoms. The molecule has 2 fully saturated rings. The van der Waals surface area contributed by atoms with Crippen molar-refractivity contribution in [3.63, 3.8) is 0 Å². The molecule has 2 aliphatic rings. The molecule has 0 aromatic carbocycles. The first kappa shape index (κ1) is 17.7. The maximum atomic E-state index is 11.5. The maximum absolute atomic E-state index is 11.5. The van der Waals surface area contributed by atoms with E-state index in [9.17, 15) is 14.9 Å². The Bertz CT molecular complexity index is 440. The van der Waals surface area contributed by atoms with E-state index in [1.807, 2.05) is 0 Å². The molecule has 2 N–H and O–H groups in total. The Morgan fingerprint density at radius 1 is 1.26 bits per heavy atom. The highest BCUT2D eigenvalue weighted by atomic mass is 17.0. The molecular weight excluding hydrogens is 310 g/mol. The van der Waals surface area contributed by atoms with Crippen molar-refractivity contribution < 1.29 is 28.9 Å². The number of rotatable bonds is 6. The zero-order chi connectivity index (χ0) is 17.0. The van der Waals surface area contributed by atoms with Crippen LogP contribution in [0, 0.1) is 10.1 Å². The molecule has 1 amide bonds. The summed E-state index contributed by atoms with van der Waals surface area (Å²) < 4.78 is 16.2. The van der Waals surface area contributed by atoms with E-state index in [2.05, 4.69) is 15.5 Å². The fourth-order valence-electron chi connectivity index (χ4n) is 2.58. The number of fused-ring (bicyclic) bond motifs is 1. The highest BCUT2D eigenvalue weighted by molar-refractivity contribution is 5.67. The van der Waals surface area contributed by atoms with Crippen molar-refractivity contribution in [2.45, 2.75) is 50.7 Å². The van der Waals surface area contributed by atoms with Crippen molar-refractivity contribution in [2.75, 3.05) is 26.3 Å². The van der Waals surface area contributed by atoms with Gasteiger partial charge in [0.05, 0.1) is 19.3 Å². The first-order valence-corrected chi connectivity index (χ1v) is 7.51. The predicted molar refractivity (Wildman–Crippen MR) is 77.4 cm³/mol. The van der Waals surface area contributed by atoms with Gasteiger partial charge in [0.15, 0.2) is 6.10 Å². The summed E-state index contributed by atoms with van der Waals surface area (Å²) in [6.07, 6.45) is -1.91. The molecule has 2 aliphatic heterocycles. The molecule has 0 aromatic rings. The SMILES string of the molecule is CC(C)(C)OC(=O)NCCN[C@H]1CO[C@H]2[C@@H]1OC[C@H]2O[N+](=O)[O-]. The van der Waals surface area contributed by atoms with Crippen LogP contribution in [0.4, 0.5) is 4.79 Å². The number of carbonyl (C=O) groups excluding carboxylic acids is 1. The van der Waals surface area contributed by atoms with Crippen molar-refractivity contribution in [1.82, 2.24) is 10.6 Å². The van der Waals surface area contributed by atoms with Gasteiger partial charge in [0.25, 0.3) is 5.09 Å². The lowest BCUT2D eigenvalue weighted by molar-refractivity contribution is -0.769. The van der Waals surface area contributed by atoms with Crippen LogP contribution in [0.5, 0.6) is 0 Å². The van der Waals surface area contributed by atoms with E-state index in [0.717, 1.165) is 0 Å². The Labute approximate surface area is 133 Å². The van der Waals surface area contributed by atoms with E-state index >= 15 is 0 Å². The number of amides is 1.